The average Bonchev–Trinajstić information content (AvgIpc) is 2.91. The molecule has 2 rings (SSSR count). The smallest absolute Gasteiger partial charge is 0.251 e. The molecule has 2 aromatic rings. The van der Waals surface area contributed by atoms with E-state index in [1.165, 1.54) is 5.56 Å². The number of benzene rings is 1. The van der Waals surface area contributed by atoms with Crippen molar-refractivity contribution in [1.82, 2.24) is 5.32 Å². The summed E-state index contributed by atoms with van der Waals surface area (Å²) in [4.78, 5) is 11.9. The summed E-state index contributed by atoms with van der Waals surface area (Å²) in [6.45, 7) is 4.72. The second-order valence-electron chi connectivity index (χ2n) is 4.74. The van der Waals surface area contributed by atoms with Gasteiger partial charge in [-0.2, -0.15) is 0 Å². The molecule has 1 aromatic carbocycles. The van der Waals surface area contributed by atoms with E-state index < -0.39 is 0 Å². The van der Waals surface area contributed by atoms with E-state index >= 15 is 0 Å². The Morgan fingerprint density at radius 1 is 1.21 bits per heavy atom. The minimum Gasteiger partial charge on any atom is -0.469 e. The van der Waals surface area contributed by atoms with Crippen molar-refractivity contribution >= 4 is 5.91 Å². The number of hydrogen-bond acceptors (Lipinski definition) is 2. The lowest BCUT2D eigenvalue weighted by Gasteiger charge is -2.06. The fraction of sp³-hybridized carbons (Fsp3) is 0.312. The van der Waals surface area contributed by atoms with Crippen molar-refractivity contribution in [2.45, 2.75) is 26.7 Å². The van der Waals surface area contributed by atoms with Crippen LogP contribution in [0.25, 0.3) is 0 Å². The van der Waals surface area contributed by atoms with Crippen LogP contribution in [0.4, 0.5) is 0 Å². The van der Waals surface area contributed by atoms with Gasteiger partial charge in [-0.3, -0.25) is 4.79 Å². The van der Waals surface area contributed by atoms with Crippen LogP contribution in [0.15, 0.2) is 41.0 Å². The Hall–Kier alpha value is -2.03. The zero-order valence-corrected chi connectivity index (χ0v) is 11.4. The van der Waals surface area contributed by atoms with Crippen LogP contribution >= 0.6 is 0 Å². The third-order valence-electron chi connectivity index (χ3n) is 3.23. The van der Waals surface area contributed by atoms with Gasteiger partial charge < -0.3 is 9.73 Å². The lowest BCUT2D eigenvalue weighted by atomic mass is 10.1. The van der Waals surface area contributed by atoms with Crippen LogP contribution in [0.1, 0.15) is 33.7 Å². The molecule has 0 fully saturated rings. The van der Waals surface area contributed by atoms with Crippen LogP contribution in [0.3, 0.4) is 0 Å². The molecule has 3 heteroatoms. The molecule has 0 spiro atoms. The van der Waals surface area contributed by atoms with Crippen LogP contribution in [0, 0.1) is 13.8 Å². The van der Waals surface area contributed by atoms with Gasteiger partial charge in [-0.05, 0) is 55.7 Å². The highest BCUT2D eigenvalue weighted by Gasteiger charge is 2.06. The molecule has 0 bridgehead atoms. The van der Waals surface area contributed by atoms with E-state index in [1.807, 2.05) is 44.2 Å². The summed E-state index contributed by atoms with van der Waals surface area (Å²) in [6, 6.07) is 9.60. The molecule has 1 N–H and O–H groups in total. The quantitative estimate of drug-likeness (QED) is 0.835. The summed E-state index contributed by atoms with van der Waals surface area (Å²) in [5.41, 5.74) is 3.07. The van der Waals surface area contributed by atoms with E-state index in [4.69, 9.17) is 4.42 Å². The first kappa shape index (κ1) is 13.4. The van der Waals surface area contributed by atoms with Crippen molar-refractivity contribution in [1.29, 1.82) is 0 Å². The second-order valence-corrected chi connectivity index (χ2v) is 4.74. The molecule has 0 aliphatic rings. The van der Waals surface area contributed by atoms with Crippen LogP contribution in [0.5, 0.6) is 0 Å². The summed E-state index contributed by atoms with van der Waals surface area (Å²) in [6.07, 6.45) is 3.40. The molecule has 0 atom stereocenters. The highest BCUT2D eigenvalue weighted by atomic mass is 16.3. The second kappa shape index (κ2) is 6.23. The van der Waals surface area contributed by atoms with Crippen molar-refractivity contribution in [3.63, 3.8) is 0 Å². The van der Waals surface area contributed by atoms with Crippen LogP contribution in [0.2, 0.25) is 0 Å². The lowest BCUT2D eigenvalue weighted by Crippen LogP contribution is -2.24. The number of nitrogens with one attached hydrogen (secondary N) is 1. The van der Waals surface area contributed by atoms with Gasteiger partial charge in [-0.25, -0.2) is 0 Å². The summed E-state index contributed by atoms with van der Waals surface area (Å²) in [5.74, 6) is 0.947. The minimum atomic E-state index is -0.0115. The van der Waals surface area contributed by atoms with Crippen molar-refractivity contribution in [3.8, 4) is 0 Å². The summed E-state index contributed by atoms with van der Waals surface area (Å²) in [5, 5.41) is 2.93. The largest absolute Gasteiger partial charge is 0.469 e. The number of carbonyl (C=O) groups is 1. The van der Waals surface area contributed by atoms with E-state index in [9.17, 15) is 4.79 Å². The fourth-order valence-electron chi connectivity index (χ4n) is 1.90. The number of aryl methyl sites for hydroxylation is 3. The predicted octanol–water partition coefficient (Wildman–Crippen LogP) is 3.26. The maximum Gasteiger partial charge on any atom is 0.251 e. The third kappa shape index (κ3) is 3.71. The number of hydrogen-bond donors (Lipinski definition) is 1. The molecule has 0 aliphatic carbocycles. The number of rotatable bonds is 5. The van der Waals surface area contributed by atoms with E-state index in [2.05, 4.69) is 5.32 Å². The molecule has 0 saturated heterocycles. The van der Waals surface area contributed by atoms with Gasteiger partial charge in [-0.15, -0.1) is 0 Å². The standard InChI is InChI=1S/C16H19NO2/c1-12-7-8-14(11-13(12)2)16(18)17-9-3-5-15-6-4-10-19-15/h4,6-8,10-11H,3,5,9H2,1-2H3,(H,17,18). The van der Waals surface area contributed by atoms with Gasteiger partial charge in [0.05, 0.1) is 6.26 Å². The van der Waals surface area contributed by atoms with Crippen LogP contribution in [-0.2, 0) is 6.42 Å². The van der Waals surface area contributed by atoms with Crippen molar-refractivity contribution in [2.24, 2.45) is 0 Å². The zero-order chi connectivity index (χ0) is 13.7. The maximum atomic E-state index is 11.9. The maximum absolute atomic E-state index is 11.9. The molecule has 1 aromatic heterocycles. The molecule has 19 heavy (non-hydrogen) atoms. The molecular formula is C16H19NO2. The average molecular weight is 257 g/mol. The minimum absolute atomic E-state index is 0.0115. The highest BCUT2D eigenvalue weighted by Crippen LogP contribution is 2.09. The summed E-state index contributed by atoms with van der Waals surface area (Å²) < 4.78 is 5.24. The Morgan fingerprint density at radius 2 is 2.05 bits per heavy atom. The molecule has 1 amide bonds. The van der Waals surface area contributed by atoms with Crippen LogP contribution in [-0.4, -0.2) is 12.5 Å². The Morgan fingerprint density at radius 3 is 2.74 bits per heavy atom. The van der Waals surface area contributed by atoms with Gasteiger partial charge in [0.2, 0.25) is 0 Å². The van der Waals surface area contributed by atoms with Gasteiger partial charge in [0.1, 0.15) is 5.76 Å². The molecule has 100 valence electrons. The Bertz CT molecular complexity index is 544. The van der Waals surface area contributed by atoms with Gasteiger partial charge in [0, 0.05) is 18.5 Å². The number of amides is 1. The van der Waals surface area contributed by atoms with Gasteiger partial charge >= 0.3 is 0 Å². The van der Waals surface area contributed by atoms with E-state index in [1.54, 1.807) is 6.26 Å². The topological polar surface area (TPSA) is 42.2 Å². The van der Waals surface area contributed by atoms with Crippen molar-refractivity contribution in [3.05, 3.63) is 59.0 Å². The van der Waals surface area contributed by atoms with Gasteiger partial charge in [0.15, 0.2) is 0 Å². The summed E-state index contributed by atoms with van der Waals surface area (Å²) in [7, 11) is 0. The van der Waals surface area contributed by atoms with Crippen molar-refractivity contribution < 1.29 is 9.21 Å². The SMILES string of the molecule is Cc1ccc(C(=O)NCCCc2ccco2)cc1C. The normalized spacial score (nSPS) is 10.4. The first-order valence-electron chi connectivity index (χ1n) is 6.54. The Balaban J connectivity index is 1.79. The van der Waals surface area contributed by atoms with Crippen LogP contribution < -0.4 is 5.32 Å². The summed E-state index contributed by atoms with van der Waals surface area (Å²) >= 11 is 0. The van der Waals surface area contributed by atoms with E-state index in [-0.39, 0.29) is 5.91 Å². The van der Waals surface area contributed by atoms with Gasteiger partial charge in [0.25, 0.3) is 5.91 Å². The van der Waals surface area contributed by atoms with E-state index in [0.717, 1.165) is 29.7 Å². The fourth-order valence-corrected chi connectivity index (χ4v) is 1.90. The van der Waals surface area contributed by atoms with Gasteiger partial charge in [-0.1, -0.05) is 6.07 Å². The first-order valence-corrected chi connectivity index (χ1v) is 6.54. The Labute approximate surface area is 113 Å². The number of furan rings is 1. The molecule has 0 unspecified atom stereocenters. The molecule has 3 nitrogen and oxygen atoms in total. The lowest BCUT2D eigenvalue weighted by molar-refractivity contribution is 0.0953. The highest BCUT2D eigenvalue weighted by molar-refractivity contribution is 5.94. The van der Waals surface area contributed by atoms with Crippen molar-refractivity contribution in [2.75, 3.05) is 6.54 Å². The first-order chi connectivity index (χ1) is 9.16. The predicted molar refractivity (Wildman–Crippen MR) is 75.3 cm³/mol. The zero-order valence-electron chi connectivity index (χ0n) is 11.4. The Kier molecular flexibility index (Phi) is 4.39. The third-order valence-corrected chi connectivity index (χ3v) is 3.23. The molecule has 0 saturated carbocycles. The molecule has 0 aliphatic heterocycles. The molecule has 0 radical (unpaired) electrons. The van der Waals surface area contributed by atoms with E-state index in [0.29, 0.717) is 6.54 Å². The monoisotopic (exact) mass is 257 g/mol. The molecule has 1 heterocycles. The molecular weight excluding hydrogens is 238 g/mol. The number of carbonyl (C=O) groups excluding carboxylic acids is 1.